The third-order valence-electron chi connectivity index (χ3n) is 4.01. The molecule has 2 aromatic rings. The normalized spacial score (nSPS) is 14.3. The van der Waals surface area contributed by atoms with Crippen LogP contribution in [0.2, 0.25) is 0 Å². The molecule has 1 aliphatic heterocycles. The number of benzene rings is 2. The molecule has 2 amide bonds. The van der Waals surface area contributed by atoms with E-state index in [9.17, 15) is 9.59 Å². The lowest BCUT2D eigenvalue weighted by Gasteiger charge is -2.15. The Morgan fingerprint density at radius 3 is 2.50 bits per heavy atom. The molecule has 0 bridgehead atoms. The van der Waals surface area contributed by atoms with Crippen molar-refractivity contribution < 1.29 is 9.59 Å². The van der Waals surface area contributed by atoms with E-state index in [1.54, 1.807) is 6.08 Å². The Kier molecular flexibility index (Phi) is 5.06. The highest BCUT2D eigenvalue weighted by molar-refractivity contribution is 5.95. The fourth-order valence-corrected chi connectivity index (χ4v) is 2.70. The molecule has 122 valence electrons. The van der Waals surface area contributed by atoms with E-state index in [1.807, 2.05) is 59.5 Å². The van der Waals surface area contributed by atoms with Crippen molar-refractivity contribution in [1.29, 1.82) is 0 Å². The largest absolute Gasteiger partial charge is 0.348 e. The Labute approximate surface area is 141 Å². The maximum atomic E-state index is 11.9. The predicted octanol–water partition coefficient (Wildman–Crippen LogP) is 3.14. The zero-order valence-electron chi connectivity index (χ0n) is 13.4. The lowest BCUT2D eigenvalue weighted by Crippen LogP contribution is -2.23. The number of hydrogen-bond acceptors (Lipinski definition) is 2. The summed E-state index contributed by atoms with van der Waals surface area (Å²) in [6, 6.07) is 17.5. The summed E-state index contributed by atoms with van der Waals surface area (Å²) < 4.78 is 0. The molecule has 3 rings (SSSR count). The van der Waals surface area contributed by atoms with Crippen LogP contribution in [0, 0.1) is 0 Å². The van der Waals surface area contributed by atoms with Gasteiger partial charge >= 0.3 is 0 Å². The van der Waals surface area contributed by atoms with Crippen LogP contribution in [0.1, 0.15) is 24.0 Å². The van der Waals surface area contributed by atoms with E-state index in [1.165, 1.54) is 6.08 Å². The first kappa shape index (κ1) is 16.0. The summed E-state index contributed by atoms with van der Waals surface area (Å²) in [7, 11) is 0. The zero-order valence-corrected chi connectivity index (χ0v) is 13.4. The van der Waals surface area contributed by atoms with E-state index in [4.69, 9.17) is 0 Å². The summed E-state index contributed by atoms with van der Waals surface area (Å²) in [4.78, 5) is 25.4. The van der Waals surface area contributed by atoms with E-state index in [0.29, 0.717) is 13.0 Å². The van der Waals surface area contributed by atoms with Crippen molar-refractivity contribution in [2.24, 2.45) is 0 Å². The third-order valence-corrected chi connectivity index (χ3v) is 4.01. The quantitative estimate of drug-likeness (QED) is 0.861. The van der Waals surface area contributed by atoms with E-state index in [0.717, 1.165) is 29.8 Å². The van der Waals surface area contributed by atoms with Crippen molar-refractivity contribution in [1.82, 2.24) is 5.32 Å². The van der Waals surface area contributed by atoms with Crippen LogP contribution in [0.5, 0.6) is 0 Å². The molecule has 0 aromatic heterocycles. The van der Waals surface area contributed by atoms with Gasteiger partial charge in [0.15, 0.2) is 0 Å². The van der Waals surface area contributed by atoms with E-state index in [-0.39, 0.29) is 11.8 Å². The van der Waals surface area contributed by atoms with Crippen molar-refractivity contribution in [2.75, 3.05) is 11.4 Å². The van der Waals surface area contributed by atoms with Crippen LogP contribution < -0.4 is 10.2 Å². The van der Waals surface area contributed by atoms with Gasteiger partial charge in [-0.25, -0.2) is 0 Å². The highest BCUT2D eigenvalue weighted by atomic mass is 16.2. The topological polar surface area (TPSA) is 49.4 Å². The summed E-state index contributed by atoms with van der Waals surface area (Å²) in [5.41, 5.74) is 2.93. The highest BCUT2D eigenvalue weighted by Crippen LogP contribution is 2.21. The molecule has 0 saturated carbocycles. The average molecular weight is 320 g/mol. The smallest absolute Gasteiger partial charge is 0.244 e. The molecule has 0 unspecified atom stereocenters. The molecular weight excluding hydrogens is 300 g/mol. The van der Waals surface area contributed by atoms with Crippen LogP contribution >= 0.6 is 0 Å². The second kappa shape index (κ2) is 7.59. The van der Waals surface area contributed by atoms with Crippen LogP contribution in [0.3, 0.4) is 0 Å². The van der Waals surface area contributed by atoms with Gasteiger partial charge in [-0.3, -0.25) is 9.59 Å². The maximum Gasteiger partial charge on any atom is 0.244 e. The first-order chi connectivity index (χ1) is 11.7. The number of rotatable bonds is 5. The van der Waals surface area contributed by atoms with Crippen molar-refractivity contribution in [2.45, 2.75) is 19.4 Å². The Bertz CT molecular complexity index is 736. The van der Waals surface area contributed by atoms with Crippen LogP contribution in [0.15, 0.2) is 60.7 Å². The Hall–Kier alpha value is -2.88. The Morgan fingerprint density at radius 2 is 1.83 bits per heavy atom. The molecule has 1 fully saturated rings. The summed E-state index contributed by atoms with van der Waals surface area (Å²) in [5.74, 6) is 0.0553. The lowest BCUT2D eigenvalue weighted by molar-refractivity contribution is -0.117. The monoisotopic (exact) mass is 320 g/mol. The second-order valence-electron chi connectivity index (χ2n) is 5.78. The fourth-order valence-electron chi connectivity index (χ4n) is 2.70. The SMILES string of the molecule is O=C(/C=C/c1ccccc1)NCc1ccc(N2CCCC2=O)cc1. The number of nitrogens with zero attached hydrogens (tertiary/aromatic N) is 1. The standard InChI is InChI=1S/C20H20N2O2/c23-19(13-10-16-5-2-1-3-6-16)21-15-17-8-11-18(12-9-17)22-14-4-7-20(22)24/h1-3,5-6,8-13H,4,7,14-15H2,(H,21,23)/b13-10+. The third kappa shape index (κ3) is 4.10. The molecular formula is C20H20N2O2. The van der Waals surface area contributed by atoms with Crippen molar-refractivity contribution in [3.8, 4) is 0 Å². The van der Waals surface area contributed by atoms with Crippen LogP contribution in [0.25, 0.3) is 6.08 Å². The predicted molar refractivity (Wildman–Crippen MR) is 95.4 cm³/mol. The van der Waals surface area contributed by atoms with Crippen molar-refractivity contribution >= 4 is 23.6 Å². The molecule has 0 aliphatic carbocycles. The summed E-state index contributed by atoms with van der Waals surface area (Å²) >= 11 is 0. The van der Waals surface area contributed by atoms with Gasteiger partial charge in [-0.05, 0) is 35.8 Å². The lowest BCUT2D eigenvalue weighted by atomic mass is 10.2. The minimum atomic E-state index is -0.127. The number of carbonyl (C=O) groups is 2. The van der Waals surface area contributed by atoms with Gasteiger partial charge in [-0.2, -0.15) is 0 Å². The molecule has 0 atom stereocenters. The van der Waals surface area contributed by atoms with Gasteiger partial charge < -0.3 is 10.2 Å². The number of nitrogens with one attached hydrogen (secondary N) is 1. The molecule has 1 heterocycles. The molecule has 4 heteroatoms. The summed E-state index contributed by atoms with van der Waals surface area (Å²) in [6.45, 7) is 1.26. The molecule has 2 aromatic carbocycles. The minimum Gasteiger partial charge on any atom is -0.348 e. The minimum absolute atomic E-state index is 0.127. The first-order valence-corrected chi connectivity index (χ1v) is 8.13. The van der Waals surface area contributed by atoms with Crippen LogP contribution in [0.4, 0.5) is 5.69 Å². The molecule has 24 heavy (non-hydrogen) atoms. The zero-order chi connectivity index (χ0) is 16.8. The van der Waals surface area contributed by atoms with E-state index < -0.39 is 0 Å². The van der Waals surface area contributed by atoms with Crippen LogP contribution in [-0.2, 0) is 16.1 Å². The van der Waals surface area contributed by atoms with Crippen molar-refractivity contribution in [3.05, 3.63) is 71.8 Å². The van der Waals surface area contributed by atoms with Gasteiger partial charge in [0.25, 0.3) is 0 Å². The number of anilines is 1. The van der Waals surface area contributed by atoms with Gasteiger partial charge in [-0.15, -0.1) is 0 Å². The van der Waals surface area contributed by atoms with Gasteiger partial charge in [0.2, 0.25) is 11.8 Å². The first-order valence-electron chi connectivity index (χ1n) is 8.13. The van der Waals surface area contributed by atoms with Gasteiger partial charge in [0, 0.05) is 31.3 Å². The second-order valence-corrected chi connectivity index (χ2v) is 5.78. The molecule has 0 spiro atoms. The molecule has 0 radical (unpaired) electrons. The fraction of sp³-hybridized carbons (Fsp3) is 0.200. The van der Waals surface area contributed by atoms with E-state index >= 15 is 0 Å². The van der Waals surface area contributed by atoms with Gasteiger partial charge in [0.1, 0.15) is 0 Å². The number of amides is 2. The number of carbonyl (C=O) groups excluding carboxylic acids is 2. The summed E-state index contributed by atoms with van der Waals surface area (Å²) in [6.07, 6.45) is 4.87. The molecule has 1 aliphatic rings. The molecule has 4 nitrogen and oxygen atoms in total. The average Bonchev–Trinajstić information content (AvgIpc) is 3.05. The van der Waals surface area contributed by atoms with Crippen molar-refractivity contribution in [3.63, 3.8) is 0 Å². The number of hydrogen-bond donors (Lipinski definition) is 1. The van der Waals surface area contributed by atoms with Crippen LogP contribution in [-0.4, -0.2) is 18.4 Å². The Balaban J connectivity index is 1.52. The maximum absolute atomic E-state index is 11.9. The molecule has 1 N–H and O–H groups in total. The highest BCUT2D eigenvalue weighted by Gasteiger charge is 2.21. The van der Waals surface area contributed by atoms with E-state index in [2.05, 4.69) is 5.32 Å². The summed E-state index contributed by atoms with van der Waals surface area (Å²) in [5, 5.41) is 2.86. The Morgan fingerprint density at radius 1 is 1.08 bits per heavy atom. The molecule has 1 saturated heterocycles. The van der Waals surface area contributed by atoms with Gasteiger partial charge in [0.05, 0.1) is 0 Å². The van der Waals surface area contributed by atoms with Gasteiger partial charge in [-0.1, -0.05) is 42.5 Å².